The van der Waals surface area contributed by atoms with Crippen LogP contribution < -0.4 is 4.74 Å². The predicted molar refractivity (Wildman–Crippen MR) is 120 cm³/mol. The summed E-state index contributed by atoms with van der Waals surface area (Å²) in [5.41, 5.74) is 1.18. The minimum Gasteiger partial charge on any atom is -0.495 e. The number of thioether (sulfide) groups is 1. The number of carbonyl (C=O) groups is 1. The molecule has 0 radical (unpaired) electrons. The van der Waals surface area contributed by atoms with Crippen LogP contribution in [0.25, 0.3) is 11.6 Å². The highest BCUT2D eigenvalue weighted by Gasteiger charge is 2.29. The predicted octanol–water partition coefficient (Wildman–Crippen LogP) is 6.04. The van der Waals surface area contributed by atoms with Gasteiger partial charge < -0.3 is 9.64 Å². The smallest absolute Gasteiger partial charge is 0.416 e. The van der Waals surface area contributed by atoms with Gasteiger partial charge in [-0.05, 0) is 41.0 Å². The van der Waals surface area contributed by atoms with Gasteiger partial charge in [-0.1, -0.05) is 42.0 Å². The Bertz CT molecular complexity index is 981. The highest BCUT2D eigenvalue weighted by molar-refractivity contribution is 7.99. The van der Waals surface area contributed by atoms with Gasteiger partial charge in [0.1, 0.15) is 5.75 Å². The lowest BCUT2D eigenvalue weighted by molar-refractivity contribution is -0.137. The van der Waals surface area contributed by atoms with Crippen LogP contribution in [-0.2, 0) is 11.0 Å². The first-order valence-electron chi connectivity index (χ1n) is 9.55. The standard InChI is InChI=1S/C23H21ClF3NO2S/c1-30-21-9-6-17(14-20(21)24)18(15-22(29)28-10-12-31-13-11-28)5-2-16-3-7-19(8-4-16)23(25,26)27/h2-9,14-15H,10-13H2,1H3/b5-2+,18-15-. The van der Waals surface area contributed by atoms with E-state index in [2.05, 4.69) is 0 Å². The summed E-state index contributed by atoms with van der Waals surface area (Å²) in [6.07, 6.45) is 0.530. The van der Waals surface area contributed by atoms with E-state index in [0.717, 1.165) is 23.6 Å². The summed E-state index contributed by atoms with van der Waals surface area (Å²) >= 11 is 8.06. The van der Waals surface area contributed by atoms with Crippen LogP contribution in [0.3, 0.4) is 0 Å². The average molecular weight is 468 g/mol. The van der Waals surface area contributed by atoms with Crippen molar-refractivity contribution in [2.75, 3.05) is 31.7 Å². The van der Waals surface area contributed by atoms with Gasteiger partial charge in [0.25, 0.3) is 0 Å². The van der Waals surface area contributed by atoms with Crippen molar-refractivity contribution in [1.82, 2.24) is 4.90 Å². The molecule has 1 saturated heterocycles. The SMILES string of the molecule is COc1ccc(C(=C\C(=O)N2CCSCC2)/C=C/c2ccc(C(F)(F)F)cc2)cc1Cl. The molecule has 2 aromatic rings. The lowest BCUT2D eigenvalue weighted by atomic mass is 10.0. The first-order chi connectivity index (χ1) is 14.8. The fourth-order valence-electron chi connectivity index (χ4n) is 3.05. The molecular formula is C23H21ClF3NO2S. The second kappa shape index (κ2) is 10.3. The number of hydrogen-bond acceptors (Lipinski definition) is 3. The number of benzene rings is 2. The van der Waals surface area contributed by atoms with E-state index < -0.39 is 11.7 Å². The zero-order chi connectivity index (χ0) is 22.4. The maximum atomic E-state index is 12.8. The summed E-state index contributed by atoms with van der Waals surface area (Å²) in [6, 6.07) is 10.0. The van der Waals surface area contributed by atoms with Crippen LogP contribution in [-0.4, -0.2) is 42.5 Å². The molecule has 0 bridgehead atoms. The summed E-state index contributed by atoms with van der Waals surface area (Å²) in [5.74, 6) is 2.19. The van der Waals surface area contributed by atoms with E-state index in [1.54, 1.807) is 35.3 Å². The van der Waals surface area contributed by atoms with Crippen molar-refractivity contribution in [1.29, 1.82) is 0 Å². The van der Waals surface area contributed by atoms with Crippen molar-refractivity contribution in [3.63, 3.8) is 0 Å². The Balaban J connectivity index is 1.91. The molecule has 1 aliphatic rings. The van der Waals surface area contributed by atoms with Crippen molar-refractivity contribution in [2.24, 2.45) is 0 Å². The molecule has 0 N–H and O–H groups in total. The molecule has 1 fully saturated rings. The molecule has 3 nitrogen and oxygen atoms in total. The number of ether oxygens (including phenoxy) is 1. The molecule has 8 heteroatoms. The van der Waals surface area contributed by atoms with Crippen LogP contribution in [0.15, 0.2) is 54.6 Å². The number of alkyl halides is 3. The number of allylic oxidation sites excluding steroid dienone is 2. The number of hydrogen-bond donors (Lipinski definition) is 0. The van der Waals surface area contributed by atoms with Crippen LogP contribution in [0.2, 0.25) is 5.02 Å². The topological polar surface area (TPSA) is 29.5 Å². The summed E-state index contributed by atoms with van der Waals surface area (Å²) < 4.78 is 43.5. The zero-order valence-corrected chi connectivity index (χ0v) is 18.4. The largest absolute Gasteiger partial charge is 0.495 e. The van der Waals surface area contributed by atoms with Crippen LogP contribution >= 0.6 is 23.4 Å². The van der Waals surface area contributed by atoms with Gasteiger partial charge >= 0.3 is 6.18 Å². The van der Waals surface area contributed by atoms with Gasteiger partial charge in [-0.15, -0.1) is 0 Å². The van der Waals surface area contributed by atoms with Crippen molar-refractivity contribution in [3.05, 3.63) is 76.3 Å². The minimum atomic E-state index is -4.38. The van der Waals surface area contributed by atoms with Crippen molar-refractivity contribution in [3.8, 4) is 5.75 Å². The second-order valence-electron chi connectivity index (χ2n) is 6.84. The molecule has 3 rings (SSSR count). The Morgan fingerprint density at radius 1 is 1.13 bits per heavy atom. The number of amides is 1. The summed E-state index contributed by atoms with van der Waals surface area (Å²) in [4.78, 5) is 14.6. The van der Waals surface area contributed by atoms with E-state index in [1.807, 2.05) is 11.8 Å². The number of halogens is 4. The lowest BCUT2D eigenvalue weighted by Crippen LogP contribution is -2.36. The Labute approximate surface area is 188 Å². The van der Waals surface area contributed by atoms with Crippen LogP contribution in [0.5, 0.6) is 5.75 Å². The minimum absolute atomic E-state index is 0.112. The Morgan fingerprint density at radius 2 is 1.81 bits per heavy atom. The van der Waals surface area contributed by atoms with Gasteiger partial charge in [0.05, 0.1) is 17.7 Å². The number of carbonyl (C=O) groups excluding carboxylic acids is 1. The van der Waals surface area contributed by atoms with Gasteiger partial charge in [-0.25, -0.2) is 0 Å². The average Bonchev–Trinajstić information content (AvgIpc) is 2.76. The fourth-order valence-corrected chi connectivity index (χ4v) is 4.21. The van der Waals surface area contributed by atoms with E-state index in [-0.39, 0.29) is 5.91 Å². The second-order valence-corrected chi connectivity index (χ2v) is 8.47. The Hall–Kier alpha value is -2.38. The van der Waals surface area contributed by atoms with Gasteiger partial charge in [-0.3, -0.25) is 4.79 Å². The van der Waals surface area contributed by atoms with Gasteiger partial charge in [-0.2, -0.15) is 24.9 Å². The first kappa shape index (κ1) is 23.3. The molecule has 0 spiro atoms. The quantitative estimate of drug-likeness (QED) is 0.396. The Kier molecular flexibility index (Phi) is 7.73. The van der Waals surface area contributed by atoms with E-state index in [1.165, 1.54) is 25.3 Å². The summed E-state index contributed by atoms with van der Waals surface area (Å²) in [6.45, 7) is 1.36. The molecule has 1 aliphatic heterocycles. The molecular weight excluding hydrogens is 447 g/mol. The molecule has 31 heavy (non-hydrogen) atoms. The molecule has 164 valence electrons. The van der Waals surface area contributed by atoms with Crippen molar-refractivity contribution < 1.29 is 22.7 Å². The van der Waals surface area contributed by atoms with E-state index in [9.17, 15) is 18.0 Å². The third-order valence-corrected chi connectivity index (χ3v) is 6.02. The molecule has 1 heterocycles. The fraction of sp³-hybridized carbons (Fsp3) is 0.261. The number of methoxy groups -OCH3 is 1. The maximum absolute atomic E-state index is 12.8. The normalized spacial score (nSPS) is 15.4. The highest BCUT2D eigenvalue weighted by atomic mass is 35.5. The molecule has 2 aromatic carbocycles. The molecule has 0 saturated carbocycles. The van der Waals surface area contributed by atoms with E-state index in [0.29, 0.717) is 40.6 Å². The summed E-state index contributed by atoms with van der Waals surface area (Å²) in [7, 11) is 1.51. The molecule has 0 unspecified atom stereocenters. The Morgan fingerprint density at radius 3 is 2.39 bits per heavy atom. The lowest BCUT2D eigenvalue weighted by Gasteiger charge is -2.25. The third kappa shape index (κ3) is 6.31. The molecule has 0 atom stereocenters. The molecule has 0 aromatic heterocycles. The van der Waals surface area contributed by atoms with Crippen LogP contribution in [0, 0.1) is 0 Å². The van der Waals surface area contributed by atoms with E-state index >= 15 is 0 Å². The number of nitrogens with zero attached hydrogens (tertiary/aromatic N) is 1. The highest BCUT2D eigenvalue weighted by Crippen LogP contribution is 2.31. The van der Waals surface area contributed by atoms with E-state index in [4.69, 9.17) is 16.3 Å². The third-order valence-electron chi connectivity index (χ3n) is 4.78. The van der Waals surface area contributed by atoms with Gasteiger partial charge in [0.2, 0.25) is 5.91 Å². The number of rotatable bonds is 5. The maximum Gasteiger partial charge on any atom is 0.416 e. The molecule has 1 amide bonds. The van der Waals surface area contributed by atoms with Crippen molar-refractivity contribution in [2.45, 2.75) is 6.18 Å². The summed E-state index contributed by atoms with van der Waals surface area (Å²) in [5, 5.41) is 0.399. The molecule has 0 aliphatic carbocycles. The first-order valence-corrected chi connectivity index (χ1v) is 11.1. The zero-order valence-electron chi connectivity index (χ0n) is 16.8. The van der Waals surface area contributed by atoms with Gasteiger partial charge in [0.15, 0.2) is 0 Å². The monoisotopic (exact) mass is 467 g/mol. The van der Waals surface area contributed by atoms with Gasteiger partial charge in [0, 0.05) is 30.7 Å². The van der Waals surface area contributed by atoms with Crippen LogP contribution in [0.1, 0.15) is 16.7 Å². The van der Waals surface area contributed by atoms with Crippen molar-refractivity contribution >= 4 is 40.9 Å². The van der Waals surface area contributed by atoms with Crippen LogP contribution in [0.4, 0.5) is 13.2 Å².